The summed E-state index contributed by atoms with van der Waals surface area (Å²) in [5, 5.41) is 6.50. The van der Waals surface area contributed by atoms with Gasteiger partial charge in [-0.1, -0.05) is 0 Å². The van der Waals surface area contributed by atoms with Crippen LogP contribution in [0.1, 0.15) is 21.6 Å². The summed E-state index contributed by atoms with van der Waals surface area (Å²) in [6, 6.07) is 0. The average molecular weight is 286 g/mol. The third-order valence-electron chi connectivity index (χ3n) is 3.92. The van der Waals surface area contributed by atoms with Gasteiger partial charge in [-0.25, -0.2) is 9.97 Å². The van der Waals surface area contributed by atoms with Gasteiger partial charge in [0.25, 0.3) is 5.91 Å². The molecule has 1 aliphatic rings. The van der Waals surface area contributed by atoms with Crippen molar-refractivity contribution in [2.24, 2.45) is 0 Å². The zero-order valence-corrected chi connectivity index (χ0v) is 12.2. The van der Waals surface area contributed by atoms with Crippen LogP contribution in [0, 0.1) is 13.8 Å². The van der Waals surface area contributed by atoms with Crippen LogP contribution < -0.4 is 4.90 Å². The lowest BCUT2D eigenvalue weighted by Gasteiger charge is -2.35. The number of rotatable bonds is 2. The number of H-pyrrole nitrogens is 1. The number of nitrogens with zero attached hydrogens (tertiary/aromatic N) is 5. The monoisotopic (exact) mass is 286 g/mol. The van der Waals surface area contributed by atoms with Crippen LogP contribution in [-0.4, -0.2) is 57.2 Å². The third-order valence-corrected chi connectivity index (χ3v) is 3.92. The summed E-state index contributed by atoms with van der Waals surface area (Å²) in [6.07, 6.45) is 4.79. The Kier molecular flexibility index (Phi) is 3.55. The molecular formula is C14H18N6O. The summed E-state index contributed by atoms with van der Waals surface area (Å²) in [7, 11) is 0. The van der Waals surface area contributed by atoms with Crippen molar-refractivity contribution in [3.63, 3.8) is 0 Å². The first-order chi connectivity index (χ1) is 10.2. The highest BCUT2D eigenvalue weighted by atomic mass is 16.2. The van der Waals surface area contributed by atoms with Gasteiger partial charge in [-0.15, -0.1) is 0 Å². The minimum absolute atomic E-state index is 0.0268. The molecule has 0 spiro atoms. The first kappa shape index (κ1) is 13.5. The molecule has 0 aliphatic carbocycles. The van der Waals surface area contributed by atoms with E-state index in [0.29, 0.717) is 18.7 Å². The van der Waals surface area contributed by atoms with Gasteiger partial charge in [0.15, 0.2) is 0 Å². The van der Waals surface area contributed by atoms with Gasteiger partial charge in [0.05, 0.1) is 11.8 Å². The van der Waals surface area contributed by atoms with E-state index < -0.39 is 0 Å². The number of anilines is 1. The normalized spacial score (nSPS) is 15.3. The number of piperazine rings is 1. The van der Waals surface area contributed by atoms with E-state index in [1.807, 2.05) is 18.7 Å². The molecule has 21 heavy (non-hydrogen) atoms. The lowest BCUT2D eigenvalue weighted by atomic mass is 10.2. The first-order valence-corrected chi connectivity index (χ1v) is 6.98. The topological polar surface area (TPSA) is 78.0 Å². The van der Waals surface area contributed by atoms with Crippen LogP contribution in [0.3, 0.4) is 0 Å². The van der Waals surface area contributed by atoms with E-state index in [1.165, 1.54) is 0 Å². The van der Waals surface area contributed by atoms with Crippen LogP contribution in [0.2, 0.25) is 0 Å². The molecule has 7 nitrogen and oxygen atoms in total. The molecule has 0 unspecified atom stereocenters. The summed E-state index contributed by atoms with van der Waals surface area (Å²) in [6.45, 7) is 6.95. The van der Waals surface area contributed by atoms with Crippen LogP contribution >= 0.6 is 0 Å². The highest BCUT2D eigenvalue weighted by molar-refractivity contribution is 5.93. The SMILES string of the molecule is Cc1ncnc(N2CCN(C(=O)c3cn[nH]c3)CC2)c1C. The van der Waals surface area contributed by atoms with Crippen molar-refractivity contribution in [2.45, 2.75) is 13.8 Å². The first-order valence-electron chi connectivity index (χ1n) is 6.98. The molecule has 1 aliphatic heterocycles. The van der Waals surface area contributed by atoms with E-state index in [9.17, 15) is 4.79 Å². The van der Waals surface area contributed by atoms with Crippen LogP contribution in [0.5, 0.6) is 0 Å². The standard InChI is InChI=1S/C14H18N6O/c1-10-11(2)15-9-16-13(10)19-3-5-20(6-4-19)14(21)12-7-17-18-8-12/h7-9H,3-6H2,1-2H3,(H,17,18). The van der Waals surface area contributed by atoms with Crippen molar-refractivity contribution in [3.05, 3.63) is 35.5 Å². The fourth-order valence-corrected chi connectivity index (χ4v) is 2.52. The second-order valence-corrected chi connectivity index (χ2v) is 5.17. The molecule has 110 valence electrons. The number of hydrogen-bond donors (Lipinski definition) is 1. The highest BCUT2D eigenvalue weighted by Gasteiger charge is 2.24. The quantitative estimate of drug-likeness (QED) is 0.882. The summed E-state index contributed by atoms with van der Waals surface area (Å²) >= 11 is 0. The van der Waals surface area contributed by atoms with E-state index >= 15 is 0 Å². The summed E-state index contributed by atoms with van der Waals surface area (Å²) < 4.78 is 0. The molecule has 2 aromatic rings. The number of aryl methyl sites for hydroxylation is 1. The smallest absolute Gasteiger partial charge is 0.257 e. The average Bonchev–Trinajstić information content (AvgIpc) is 3.04. The minimum atomic E-state index is 0.0268. The maximum absolute atomic E-state index is 12.2. The molecule has 0 saturated carbocycles. The van der Waals surface area contributed by atoms with E-state index in [2.05, 4.69) is 25.1 Å². The Balaban J connectivity index is 1.68. The van der Waals surface area contributed by atoms with Gasteiger partial charge in [0, 0.05) is 43.6 Å². The Morgan fingerprint density at radius 3 is 2.62 bits per heavy atom. The summed E-state index contributed by atoms with van der Waals surface area (Å²) in [5.74, 6) is 0.997. The number of hydrogen-bond acceptors (Lipinski definition) is 5. The molecule has 1 saturated heterocycles. The largest absolute Gasteiger partial charge is 0.353 e. The van der Waals surface area contributed by atoms with Crippen molar-refractivity contribution in [2.75, 3.05) is 31.1 Å². The molecule has 2 aromatic heterocycles. The maximum Gasteiger partial charge on any atom is 0.257 e. The number of carbonyl (C=O) groups excluding carboxylic acids is 1. The lowest BCUT2D eigenvalue weighted by molar-refractivity contribution is 0.0746. The third kappa shape index (κ3) is 2.58. The zero-order chi connectivity index (χ0) is 14.8. The molecule has 0 bridgehead atoms. The second kappa shape index (κ2) is 5.51. The van der Waals surface area contributed by atoms with Crippen molar-refractivity contribution in [1.82, 2.24) is 25.1 Å². The summed E-state index contributed by atoms with van der Waals surface area (Å²) in [5.41, 5.74) is 2.71. The molecule has 1 fully saturated rings. The highest BCUT2D eigenvalue weighted by Crippen LogP contribution is 2.20. The van der Waals surface area contributed by atoms with Crippen LogP contribution in [0.25, 0.3) is 0 Å². The van der Waals surface area contributed by atoms with Gasteiger partial charge >= 0.3 is 0 Å². The zero-order valence-electron chi connectivity index (χ0n) is 12.2. The molecule has 3 rings (SSSR count). The van der Waals surface area contributed by atoms with Gasteiger partial charge in [-0.05, 0) is 13.8 Å². The van der Waals surface area contributed by atoms with Gasteiger partial charge in [0.2, 0.25) is 0 Å². The predicted octanol–water partition coefficient (Wildman–Crippen LogP) is 0.779. The van der Waals surface area contributed by atoms with E-state index in [0.717, 1.165) is 30.2 Å². The number of amides is 1. The Labute approximate surface area is 123 Å². The fraction of sp³-hybridized carbons (Fsp3) is 0.429. The molecule has 7 heteroatoms. The maximum atomic E-state index is 12.2. The van der Waals surface area contributed by atoms with Gasteiger partial charge in [0.1, 0.15) is 12.1 Å². The Bertz CT molecular complexity index is 631. The molecule has 3 heterocycles. The predicted molar refractivity (Wildman–Crippen MR) is 78.2 cm³/mol. The van der Waals surface area contributed by atoms with Crippen LogP contribution in [0.15, 0.2) is 18.7 Å². The van der Waals surface area contributed by atoms with Crippen molar-refractivity contribution in [1.29, 1.82) is 0 Å². The molecule has 0 aromatic carbocycles. The van der Waals surface area contributed by atoms with E-state index in [-0.39, 0.29) is 5.91 Å². The molecular weight excluding hydrogens is 268 g/mol. The molecule has 0 radical (unpaired) electrons. The number of nitrogens with one attached hydrogen (secondary N) is 1. The number of carbonyl (C=O) groups is 1. The van der Waals surface area contributed by atoms with E-state index in [4.69, 9.17) is 0 Å². The minimum Gasteiger partial charge on any atom is -0.353 e. The lowest BCUT2D eigenvalue weighted by Crippen LogP contribution is -2.49. The van der Waals surface area contributed by atoms with Crippen LogP contribution in [-0.2, 0) is 0 Å². The van der Waals surface area contributed by atoms with Gasteiger partial charge < -0.3 is 9.80 Å². The second-order valence-electron chi connectivity index (χ2n) is 5.17. The Morgan fingerprint density at radius 1 is 1.19 bits per heavy atom. The van der Waals surface area contributed by atoms with Gasteiger partial charge in [-0.2, -0.15) is 5.10 Å². The summed E-state index contributed by atoms with van der Waals surface area (Å²) in [4.78, 5) is 24.9. The van der Waals surface area contributed by atoms with Crippen molar-refractivity contribution in [3.8, 4) is 0 Å². The van der Waals surface area contributed by atoms with Crippen molar-refractivity contribution < 1.29 is 4.79 Å². The van der Waals surface area contributed by atoms with Crippen LogP contribution in [0.4, 0.5) is 5.82 Å². The molecule has 0 atom stereocenters. The molecule has 1 amide bonds. The molecule has 1 N–H and O–H groups in total. The fourth-order valence-electron chi connectivity index (χ4n) is 2.52. The number of aromatic amines is 1. The number of aromatic nitrogens is 4. The van der Waals surface area contributed by atoms with Crippen molar-refractivity contribution >= 4 is 11.7 Å². The Morgan fingerprint density at radius 2 is 1.95 bits per heavy atom. The van der Waals surface area contributed by atoms with E-state index in [1.54, 1.807) is 18.7 Å². The van der Waals surface area contributed by atoms with Gasteiger partial charge in [-0.3, -0.25) is 9.89 Å². The Hall–Kier alpha value is -2.44.